The highest BCUT2D eigenvalue weighted by molar-refractivity contribution is 5.92. The summed E-state index contributed by atoms with van der Waals surface area (Å²) in [5.74, 6) is 0.879. The molecule has 0 atom stereocenters. The molecule has 0 amide bonds. The minimum Gasteiger partial charge on any atom is -0.359 e. The first-order valence-corrected chi connectivity index (χ1v) is 5.60. The van der Waals surface area contributed by atoms with Crippen molar-refractivity contribution in [3.8, 4) is 0 Å². The van der Waals surface area contributed by atoms with E-state index in [9.17, 15) is 0 Å². The van der Waals surface area contributed by atoms with E-state index in [2.05, 4.69) is 39.6 Å². The fraction of sp³-hybridized carbons (Fsp3) is 0.154. The average Bonchev–Trinajstić information content (AvgIpc) is 2.91. The number of benzene rings is 1. The first-order chi connectivity index (χ1) is 8.25. The molecule has 0 aliphatic carbocycles. The van der Waals surface area contributed by atoms with Crippen molar-refractivity contribution >= 4 is 22.4 Å². The molecule has 0 aliphatic rings. The molecule has 0 unspecified atom stereocenters. The highest BCUT2D eigenvalue weighted by atomic mass is 15.2. The molecule has 86 valence electrons. The third kappa shape index (κ3) is 1.58. The number of anilines is 2. The number of aromatic nitrogens is 3. The molecule has 0 aliphatic heterocycles. The Hall–Kier alpha value is -2.23. The smallest absolute Gasteiger partial charge is 0.155 e. The van der Waals surface area contributed by atoms with Gasteiger partial charge < -0.3 is 10.3 Å². The van der Waals surface area contributed by atoms with E-state index in [1.54, 1.807) is 0 Å². The van der Waals surface area contributed by atoms with Crippen LogP contribution in [0.3, 0.4) is 0 Å². The molecular weight excluding hydrogens is 212 g/mol. The topological polar surface area (TPSA) is 56.5 Å². The minimum atomic E-state index is 0.879. The molecule has 3 aromatic rings. The summed E-state index contributed by atoms with van der Waals surface area (Å²) in [7, 11) is 0. The standard InChI is InChI=1S/C13H14N4/c1-8-9(2)16-17-13(8)15-11-5-3-4-10-6-7-14-12(10)11/h3-7,14H,1-2H3,(H2,15,16,17). The van der Waals surface area contributed by atoms with Gasteiger partial charge in [-0.25, -0.2) is 0 Å². The highest BCUT2D eigenvalue weighted by Gasteiger charge is 2.07. The molecule has 1 aromatic carbocycles. The Morgan fingerprint density at radius 3 is 2.82 bits per heavy atom. The van der Waals surface area contributed by atoms with Crippen molar-refractivity contribution in [2.45, 2.75) is 13.8 Å². The van der Waals surface area contributed by atoms with E-state index in [0.29, 0.717) is 0 Å². The summed E-state index contributed by atoms with van der Waals surface area (Å²) in [6, 6.07) is 8.22. The molecule has 4 heteroatoms. The third-order valence-electron chi connectivity index (χ3n) is 3.09. The van der Waals surface area contributed by atoms with Crippen LogP contribution in [-0.4, -0.2) is 15.2 Å². The van der Waals surface area contributed by atoms with Crippen LogP contribution in [0.5, 0.6) is 0 Å². The fourth-order valence-corrected chi connectivity index (χ4v) is 1.92. The second-order valence-electron chi connectivity index (χ2n) is 4.19. The number of hydrogen-bond donors (Lipinski definition) is 3. The van der Waals surface area contributed by atoms with Crippen LogP contribution >= 0.6 is 0 Å². The van der Waals surface area contributed by atoms with E-state index in [1.165, 1.54) is 5.39 Å². The maximum absolute atomic E-state index is 4.25. The number of aryl methyl sites for hydroxylation is 1. The van der Waals surface area contributed by atoms with Crippen LogP contribution in [0.15, 0.2) is 30.5 Å². The van der Waals surface area contributed by atoms with Crippen molar-refractivity contribution in [3.63, 3.8) is 0 Å². The zero-order chi connectivity index (χ0) is 11.8. The number of rotatable bonds is 2. The zero-order valence-corrected chi connectivity index (χ0v) is 9.83. The van der Waals surface area contributed by atoms with Gasteiger partial charge in [0, 0.05) is 22.8 Å². The summed E-state index contributed by atoms with van der Waals surface area (Å²) in [6.45, 7) is 4.07. The van der Waals surface area contributed by atoms with Gasteiger partial charge in [0.15, 0.2) is 5.82 Å². The van der Waals surface area contributed by atoms with E-state index >= 15 is 0 Å². The summed E-state index contributed by atoms with van der Waals surface area (Å²) in [6.07, 6.45) is 1.94. The predicted octanol–water partition coefficient (Wildman–Crippen LogP) is 3.25. The maximum atomic E-state index is 4.25. The number of fused-ring (bicyclic) bond motifs is 1. The minimum absolute atomic E-state index is 0.879. The van der Waals surface area contributed by atoms with Gasteiger partial charge in [0.2, 0.25) is 0 Å². The normalized spacial score (nSPS) is 10.9. The van der Waals surface area contributed by atoms with E-state index in [0.717, 1.165) is 28.3 Å². The molecule has 0 saturated carbocycles. The zero-order valence-electron chi connectivity index (χ0n) is 9.83. The molecule has 0 fully saturated rings. The second-order valence-corrected chi connectivity index (χ2v) is 4.19. The Kier molecular flexibility index (Phi) is 2.14. The van der Waals surface area contributed by atoms with Crippen molar-refractivity contribution in [3.05, 3.63) is 41.7 Å². The molecule has 3 N–H and O–H groups in total. The predicted molar refractivity (Wildman–Crippen MR) is 69.6 cm³/mol. The van der Waals surface area contributed by atoms with Gasteiger partial charge in [0.05, 0.1) is 11.2 Å². The lowest BCUT2D eigenvalue weighted by Gasteiger charge is -2.05. The van der Waals surface area contributed by atoms with Crippen LogP contribution in [0.25, 0.3) is 10.9 Å². The van der Waals surface area contributed by atoms with Gasteiger partial charge in [0.25, 0.3) is 0 Å². The number of nitrogens with zero attached hydrogens (tertiary/aromatic N) is 1. The van der Waals surface area contributed by atoms with E-state index in [4.69, 9.17) is 0 Å². The van der Waals surface area contributed by atoms with Crippen LogP contribution in [0, 0.1) is 13.8 Å². The molecule has 0 saturated heterocycles. The molecular formula is C13H14N4. The lowest BCUT2D eigenvalue weighted by molar-refractivity contribution is 1.05. The fourth-order valence-electron chi connectivity index (χ4n) is 1.92. The van der Waals surface area contributed by atoms with Gasteiger partial charge in [-0.2, -0.15) is 5.10 Å². The Bertz CT molecular complexity index is 663. The maximum Gasteiger partial charge on any atom is 0.155 e. The molecule has 2 aromatic heterocycles. The molecule has 0 spiro atoms. The quantitative estimate of drug-likeness (QED) is 0.628. The Balaban J connectivity index is 2.05. The summed E-state index contributed by atoms with van der Waals surface area (Å²) < 4.78 is 0. The third-order valence-corrected chi connectivity index (χ3v) is 3.09. The van der Waals surface area contributed by atoms with E-state index < -0.39 is 0 Å². The van der Waals surface area contributed by atoms with Crippen LogP contribution in [0.1, 0.15) is 11.3 Å². The SMILES string of the molecule is Cc1[nH]nc(Nc2cccc3cc[nH]c23)c1C. The Morgan fingerprint density at radius 1 is 1.18 bits per heavy atom. The number of nitrogens with one attached hydrogen (secondary N) is 3. The summed E-state index contributed by atoms with van der Waals surface area (Å²) in [5.41, 5.74) is 4.38. The summed E-state index contributed by atoms with van der Waals surface area (Å²) in [5, 5.41) is 11.8. The van der Waals surface area contributed by atoms with Crippen molar-refractivity contribution in [2.24, 2.45) is 0 Å². The van der Waals surface area contributed by atoms with Crippen LogP contribution in [0.4, 0.5) is 11.5 Å². The van der Waals surface area contributed by atoms with Crippen molar-refractivity contribution in [2.75, 3.05) is 5.32 Å². The molecule has 3 rings (SSSR count). The van der Waals surface area contributed by atoms with Gasteiger partial charge >= 0.3 is 0 Å². The number of para-hydroxylation sites is 1. The molecule has 17 heavy (non-hydrogen) atoms. The van der Waals surface area contributed by atoms with Crippen molar-refractivity contribution < 1.29 is 0 Å². The van der Waals surface area contributed by atoms with E-state index in [1.807, 2.05) is 25.3 Å². The van der Waals surface area contributed by atoms with Crippen LogP contribution < -0.4 is 5.32 Å². The second kappa shape index (κ2) is 3.66. The molecule has 0 bridgehead atoms. The lowest BCUT2D eigenvalue weighted by atomic mass is 10.2. The number of aromatic amines is 2. The highest BCUT2D eigenvalue weighted by Crippen LogP contribution is 2.26. The molecule has 4 nitrogen and oxygen atoms in total. The van der Waals surface area contributed by atoms with E-state index in [-0.39, 0.29) is 0 Å². The Labute approximate surface area is 99.1 Å². The number of H-pyrrole nitrogens is 2. The van der Waals surface area contributed by atoms with Gasteiger partial charge in [-0.3, -0.25) is 5.10 Å². The molecule has 0 radical (unpaired) electrons. The monoisotopic (exact) mass is 226 g/mol. The largest absolute Gasteiger partial charge is 0.359 e. The van der Waals surface area contributed by atoms with Crippen LogP contribution in [-0.2, 0) is 0 Å². The molecule has 2 heterocycles. The first kappa shape index (κ1) is 9.96. The van der Waals surface area contributed by atoms with Gasteiger partial charge in [-0.05, 0) is 26.0 Å². The summed E-state index contributed by atoms with van der Waals surface area (Å²) in [4.78, 5) is 3.23. The van der Waals surface area contributed by atoms with Crippen molar-refractivity contribution in [1.82, 2.24) is 15.2 Å². The summed E-state index contributed by atoms with van der Waals surface area (Å²) >= 11 is 0. The average molecular weight is 226 g/mol. The van der Waals surface area contributed by atoms with Gasteiger partial charge in [0.1, 0.15) is 0 Å². The first-order valence-electron chi connectivity index (χ1n) is 5.60. The lowest BCUT2D eigenvalue weighted by Crippen LogP contribution is -1.93. The van der Waals surface area contributed by atoms with Crippen molar-refractivity contribution in [1.29, 1.82) is 0 Å². The number of hydrogen-bond acceptors (Lipinski definition) is 2. The Morgan fingerprint density at radius 2 is 2.06 bits per heavy atom. The van der Waals surface area contributed by atoms with Gasteiger partial charge in [-0.1, -0.05) is 12.1 Å². The van der Waals surface area contributed by atoms with Gasteiger partial charge in [-0.15, -0.1) is 0 Å². The van der Waals surface area contributed by atoms with Crippen LogP contribution in [0.2, 0.25) is 0 Å².